The Morgan fingerprint density at radius 3 is 2.65 bits per heavy atom. The Hall–Kier alpha value is -3.87. The molecule has 4 rings (SSSR count). The van der Waals surface area contributed by atoms with Gasteiger partial charge in [-0.3, -0.25) is 4.79 Å². The molecule has 7 nitrogen and oxygen atoms in total. The quantitative estimate of drug-likeness (QED) is 0.378. The summed E-state index contributed by atoms with van der Waals surface area (Å²) in [4.78, 5) is 23.9. The number of aromatic nitrogens is 3. The van der Waals surface area contributed by atoms with Gasteiger partial charge in [0.1, 0.15) is 23.8 Å². The van der Waals surface area contributed by atoms with Crippen LogP contribution in [0.2, 0.25) is 0 Å². The molecule has 0 bridgehead atoms. The number of fused-ring (bicyclic) bond motifs is 1. The normalized spacial score (nSPS) is 10.8. The van der Waals surface area contributed by atoms with Gasteiger partial charge in [-0.25, -0.2) is 9.97 Å². The molecule has 0 aliphatic carbocycles. The average molecular weight is 415 g/mol. The van der Waals surface area contributed by atoms with Crippen LogP contribution >= 0.6 is 0 Å². The van der Waals surface area contributed by atoms with Crippen LogP contribution in [0.5, 0.6) is 5.75 Å². The predicted molar refractivity (Wildman–Crippen MR) is 122 cm³/mol. The number of H-pyrrole nitrogens is 1. The molecule has 1 amide bonds. The number of nitrogens with zero attached hydrogens (tertiary/aromatic N) is 2. The molecule has 0 aliphatic heterocycles. The van der Waals surface area contributed by atoms with E-state index in [9.17, 15) is 4.79 Å². The molecule has 0 fully saturated rings. The first-order valence-corrected chi connectivity index (χ1v) is 10.2. The van der Waals surface area contributed by atoms with Gasteiger partial charge in [0.15, 0.2) is 5.82 Å². The number of hydrogen-bond acceptors (Lipinski definition) is 5. The summed E-state index contributed by atoms with van der Waals surface area (Å²) in [5, 5.41) is 6.99. The number of aromatic amines is 1. The van der Waals surface area contributed by atoms with Crippen molar-refractivity contribution >= 4 is 22.8 Å². The van der Waals surface area contributed by atoms with Gasteiger partial charge in [0.2, 0.25) is 5.91 Å². The molecular weight excluding hydrogens is 390 g/mol. The van der Waals surface area contributed by atoms with E-state index in [-0.39, 0.29) is 5.91 Å². The second-order valence-electron chi connectivity index (χ2n) is 7.33. The van der Waals surface area contributed by atoms with Gasteiger partial charge in [-0.15, -0.1) is 0 Å². The van der Waals surface area contributed by atoms with E-state index < -0.39 is 0 Å². The lowest BCUT2D eigenvalue weighted by Gasteiger charge is -2.09. The molecule has 31 heavy (non-hydrogen) atoms. The minimum atomic E-state index is -0.0585. The molecule has 2 heterocycles. The fourth-order valence-corrected chi connectivity index (χ4v) is 3.28. The number of anilines is 1. The topological polar surface area (TPSA) is 91.9 Å². The zero-order valence-electron chi connectivity index (χ0n) is 17.6. The molecule has 3 N–H and O–H groups in total. The molecule has 0 saturated carbocycles. The maximum atomic E-state index is 11.1. The van der Waals surface area contributed by atoms with Crippen LogP contribution in [0.4, 0.5) is 5.82 Å². The first kappa shape index (κ1) is 20.4. The van der Waals surface area contributed by atoms with Crippen LogP contribution in [0.25, 0.3) is 22.4 Å². The van der Waals surface area contributed by atoms with Gasteiger partial charge in [-0.05, 0) is 30.7 Å². The Bertz CT molecular complexity index is 1190. The summed E-state index contributed by atoms with van der Waals surface area (Å²) in [6.45, 7) is 5.00. The molecule has 4 aromatic rings. The maximum Gasteiger partial charge on any atom is 0.216 e. The van der Waals surface area contributed by atoms with Gasteiger partial charge in [-0.1, -0.05) is 42.5 Å². The van der Waals surface area contributed by atoms with Crippen LogP contribution in [0.1, 0.15) is 18.2 Å². The molecule has 2 aromatic heterocycles. The van der Waals surface area contributed by atoms with Crippen molar-refractivity contribution in [2.75, 3.05) is 18.4 Å². The van der Waals surface area contributed by atoms with Crippen LogP contribution in [-0.4, -0.2) is 33.9 Å². The number of carbonyl (C=O) groups is 1. The monoisotopic (exact) mass is 415 g/mol. The second-order valence-corrected chi connectivity index (χ2v) is 7.33. The first-order chi connectivity index (χ1) is 15.1. The van der Waals surface area contributed by atoms with E-state index in [1.165, 1.54) is 6.92 Å². The highest BCUT2D eigenvalue weighted by Gasteiger charge is 2.13. The number of benzene rings is 2. The van der Waals surface area contributed by atoms with Gasteiger partial charge in [-0.2, -0.15) is 0 Å². The first-order valence-electron chi connectivity index (χ1n) is 10.2. The molecule has 0 saturated heterocycles. The standard InChI is InChI=1S/C24H25N5O2/c1-16-7-6-10-20(13-16)31-15-19-14-21-23(26-12-11-25-17(2)30)28-22(29-24(21)27-19)18-8-4-3-5-9-18/h3-10,13-14H,11-12,15H2,1-2H3,(H,25,30)(H2,26,27,28,29). The van der Waals surface area contributed by atoms with E-state index in [1.54, 1.807) is 0 Å². The van der Waals surface area contributed by atoms with E-state index in [0.717, 1.165) is 33.6 Å². The predicted octanol–water partition coefficient (Wildman–Crippen LogP) is 4.06. The van der Waals surface area contributed by atoms with Crippen LogP contribution in [-0.2, 0) is 11.4 Å². The fourth-order valence-electron chi connectivity index (χ4n) is 3.28. The Morgan fingerprint density at radius 1 is 1.03 bits per heavy atom. The van der Waals surface area contributed by atoms with Crippen LogP contribution in [0.15, 0.2) is 60.7 Å². The van der Waals surface area contributed by atoms with Crippen LogP contribution < -0.4 is 15.4 Å². The lowest BCUT2D eigenvalue weighted by Crippen LogP contribution is -2.26. The molecule has 0 spiro atoms. The summed E-state index contributed by atoms with van der Waals surface area (Å²) < 4.78 is 5.93. The zero-order chi connectivity index (χ0) is 21.6. The molecular formula is C24H25N5O2. The minimum Gasteiger partial charge on any atom is -0.487 e. The summed E-state index contributed by atoms with van der Waals surface area (Å²) in [5.74, 6) is 2.11. The van der Waals surface area contributed by atoms with Crippen molar-refractivity contribution in [3.63, 3.8) is 0 Å². The average Bonchev–Trinajstić information content (AvgIpc) is 3.19. The second kappa shape index (κ2) is 9.30. The largest absolute Gasteiger partial charge is 0.487 e. The Balaban J connectivity index is 1.61. The van der Waals surface area contributed by atoms with E-state index in [4.69, 9.17) is 14.7 Å². The zero-order valence-corrected chi connectivity index (χ0v) is 17.6. The Morgan fingerprint density at radius 2 is 1.87 bits per heavy atom. The van der Waals surface area contributed by atoms with Crippen molar-refractivity contribution in [3.8, 4) is 17.1 Å². The van der Waals surface area contributed by atoms with Crippen LogP contribution in [0, 0.1) is 6.92 Å². The van der Waals surface area contributed by atoms with Crippen LogP contribution in [0.3, 0.4) is 0 Å². The smallest absolute Gasteiger partial charge is 0.216 e. The molecule has 2 aromatic carbocycles. The molecule has 0 unspecified atom stereocenters. The molecule has 158 valence electrons. The fraction of sp³-hybridized carbons (Fsp3) is 0.208. The highest BCUT2D eigenvalue weighted by molar-refractivity contribution is 5.89. The molecule has 0 atom stereocenters. The SMILES string of the molecule is CC(=O)NCCNc1nc(-c2ccccc2)nc2[nH]c(COc3cccc(C)c3)cc12. The van der Waals surface area contributed by atoms with Crippen molar-refractivity contribution in [1.82, 2.24) is 20.3 Å². The molecule has 0 aliphatic rings. The van der Waals surface area contributed by atoms with Crippen molar-refractivity contribution in [1.29, 1.82) is 0 Å². The number of hydrogen-bond donors (Lipinski definition) is 3. The van der Waals surface area contributed by atoms with E-state index in [0.29, 0.717) is 31.3 Å². The van der Waals surface area contributed by atoms with E-state index in [1.807, 2.05) is 67.6 Å². The number of rotatable bonds is 8. The maximum absolute atomic E-state index is 11.1. The Kier molecular flexibility index (Phi) is 6.12. The number of ether oxygens (including phenoxy) is 1. The minimum absolute atomic E-state index is 0.0585. The summed E-state index contributed by atoms with van der Waals surface area (Å²) >= 11 is 0. The van der Waals surface area contributed by atoms with Crippen molar-refractivity contribution in [2.24, 2.45) is 0 Å². The third kappa shape index (κ3) is 5.19. The van der Waals surface area contributed by atoms with Crippen molar-refractivity contribution in [3.05, 3.63) is 71.9 Å². The lowest BCUT2D eigenvalue weighted by atomic mass is 10.2. The third-order valence-corrected chi connectivity index (χ3v) is 4.75. The summed E-state index contributed by atoms with van der Waals surface area (Å²) in [5.41, 5.74) is 3.72. The highest BCUT2D eigenvalue weighted by atomic mass is 16.5. The molecule has 7 heteroatoms. The van der Waals surface area contributed by atoms with E-state index >= 15 is 0 Å². The van der Waals surface area contributed by atoms with Gasteiger partial charge < -0.3 is 20.4 Å². The third-order valence-electron chi connectivity index (χ3n) is 4.75. The number of aryl methyl sites for hydroxylation is 1. The number of amides is 1. The number of nitrogens with one attached hydrogen (secondary N) is 3. The molecule has 0 radical (unpaired) electrons. The van der Waals surface area contributed by atoms with Gasteiger partial charge in [0.25, 0.3) is 0 Å². The van der Waals surface area contributed by atoms with E-state index in [2.05, 4.69) is 15.6 Å². The van der Waals surface area contributed by atoms with Crippen molar-refractivity contribution in [2.45, 2.75) is 20.5 Å². The van der Waals surface area contributed by atoms with Gasteiger partial charge >= 0.3 is 0 Å². The highest BCUT2D eigenvalue weighted by Crippen LogP contribution is 2.26. The summed E-state index contributed by atoms with van der Waals surface area (Å²) in [7, 11) is 0. The summed E-state index contributed by atoms with van der Waals surface area (Å²) in [6, 6.07) is 19.8. The van der Waals surface area contributed by atoms with Crippen molar-refractivity contribution < 1.29 is 9.53 Å². The van der Waals surface area contributed by atoms with Gasteiger partial charge in [0.05, 0.1) is 11.1 Å². The Labute approximate surface area is 180 Å². The lowest BCUT2D eigenvalue weighted by molar-refractivity contribution is -0.118. The number of carbonyl (C=O) groups excluding carboxylic acids is 1. The van der Waals surface area contributed by atoms with Gasteiger partial charge in [0, 0.05) is 25.6 Å². The summed E-state index contributed by atoms with van der Waals surface area (Å²) in [6.07, 6.45) is 0.